The second kappa shape index (κ2) is 6.60. The first-order chi connectivity index (χ1) is 8.25. The molecule has 0 aliphatic heterocycles. The van der Waals surface area contributed by atoms with E-state index in [1.807, 2.05) is 18.2 Å². The maximum atomic E-state index is 6.08. The number of hydrogen-bond donors (Lipinski definition) is 2. The normalized spacial score (nSPS) is 15.2. The molecule has 94 valence electrons. The highest BCUT2D eigenvalue weighted by atomic mass is 35.5. The van der Waals surface area contributed by atoms with Gasteiger partial charge in [0.2, 0.25) is 0 Å². The van der Waals surface area contributed by atoms with Crippen molar-refractivity contribution in [3.05, 3.63) is 33.8 Å². The van der Waals surface area contributed by atoms with Crippen LogP contribution in [-0.4, -0.2) is 19.1 Å². The van der Waals surface area contributed by atoms with E-state index in [1.54, 1.807) is 0 Å². The molecule has 0 atom stereocenters. The zero-order chi connectivity index (χ0) is 12.1. The molecule has 2 N–H and O–H groups in total. The standard InChI is InChI=1S/C13H18Cl2N2/c14-11-2-5-13(15)10(8-11)9-16-6-1-7-17-12-3-4-12/h2,5,8,12,16-17H,1,3-4,6-7,9H2. The Kier molecular flexibility index (Phi) is 5.11. The Balaban J connectivity index is 1.61. The zero-order valence-corrected chi connectivity index (χ0v) is 11.3. The van der Waals surface area contributed by atoms with Crippen LogP contribution in [0.5, 0.6) is 0 Å². The molecule has 4 heteroatoms. The Hall–Kier alpha value is -0.280. The van der Waals surface area contributed by atoms with Gasteiger partial charge in [0.15, 0.2) is 0 Å². The molecule has 0 saturated heterocycles. The van der Waals surface area contributed by atoms with Crippen molar-refractivity contribution in [1.82, 2.24) is 10.6 Å². The summed E-state index contributed by atoms with van der Waals surface area (Å²) in [5.41, 5.74) is 1.06. The molecule has 2 rings (SSSR count). The van der Waals surface area contributed by atoms with Crippen molar-refractivity contribution < 1.29 is 0 Å². The predicted octanol–water partition coefficient (Wildman–Crippen LogP) is 3.23. The molecule has 2 nitrogen and oxygen atoms in total. The number of hydrogen-bond acceptors (Lipinski definition) is 2. The molecule has 0 amide bonds. The zero-order valence-electron chi connectivity index (χ0n) is 9.81. The minimum atomic E-state index is 0.738. The number of halogens is 2. The van der Waals surface area contributed by atoms with Gasteiger partial charge in [-0.05, 0) is 56.1 Å². The molecule has 1 aromatic rings. The molecular formula is C13H18Cl2N2. The van der Waals surface area contributed by atoms with Crippen LogP contribution in [0.2, 0.25) is 10.0 Å². The van der Waals surface area contributed by atoms with Crippen LogP contribution < -0.4 is 10.6 Å². The van der Waals surface area contributed by atoms with Crippen molar-refractivity contribution in [3.8, 4) is 0 Å². The fourth-order valence-electron chi connectivity index (χ4n) is 1.71. The second-order valence-corrected chi connectivity index (χ2v) is 5.34. The quantitative estimate of drug-likeness (QED) is 0.745. The van der Waals surface area contributed by atoms with E-state index in [4.69, 9.17) is 23.2 Å². The Labute approximate surface area is 113 Å². The smallest absolute Gasteiger partial charge is 0.0451 e. The van der Waals surface area contributed by atoms with Crippen molar-refractivity contribution in [2.45, 2.75) is 31.8 Å². The van der Waals surface area contributed by atoms with Crippen LogP contribution in [0.1, 0.15) is 24.8 Å². The van der Waals surface area contributed by atoms with Crippen molar-refractivity contribution in [3.63, 3.8) is 0 Å². The average molecular weight is 273 g/mol. The average Bonchev–Trinajstić information content (AvgIpc) is 3.11. The van der Waals surface area contributed by atoms with E-state index in [9.17, 15) is 0 Å². The largest absolute Gasteiger partial charge is 0.314 e. The molecule has 1 saturated carbocycles. The lowest BCUT2D eigenvalue weighted by atomic mass is 10.2. The molecular weight excluding hydrogens is 255 g/mol. The maximum absolute atomic E-state index is 6.08. The third-order valence-electron chi connectivity index (χ3n) is 2.86. The monoisotopic (exact) mass is 272 g/mol. The molecule has 0 radical (unpaired) electrons. The van der Waals surface area contributed by atoms with Gasteiger partial charge in [0, 0.05) is 22.6 Å². The van der Waals surface area contributed by atoms with Gasteiger partial charge in [-0.2, -0.15) is 0 Å². The van der Waals surface area contributed by atoms with Gasteiger partial charge in [0.1, 0.15) is 0 Å². The topological polar surface area (TPSA) is 24.1 Å². The second-order valence-electron chi connectivity index (χ2n) is 4.49. The van der Waals surface area contributed by atoms with Crippen LogP contribution in [-0.2, 0) is 6.54 Å². The molecule has 0 spiro atoms. The molecule has 1 aliphatic rings. The van der Waals surface area contributed by atoms with Crippen molar-refractivity contribution >= 4 is 23.2 Å². The van der Waals surface area contributed by atoms with Gasteiger partial charge in [0.25, 0.3) is 0 Å². The molecule has 0 bridgehead atoms. The maximum Gasteiger partial charge on any atom is 0.0451 e. The van der Waals surface area contributed by atoms with E-state index >= 15 is 0 Å². The van der Waals surface area contributed by atoms with Crippen molar-refractivity contribution in [2.75, 3.05) is 13.1 Å². The van der Waals surface area contributed by atoms with Crippen LogP contribution in [0.15, 0.2) is 18.2 Å². The lowest BCUT2D eigenvalue weighted by Gasteiger charge is -2.07. The molecule has 0 heterocycles. The summed E-state index contributed by atoms with van der Waals surface area (Å²) in [6, 6.07) is 6.37. The van der Waals surface area contributed by atoms with E-state index < -0.39 is 0 Å². The van der Waals surface area contributed by atoms with Gasteiger partial charge in [-0.3, -0.25) is 0 Å². The van der Waals surface area contributed by atoms with E-state index in [2.05, 4.69) is 10.6 Å². The summed E-state index contributed by atoms with van der Waals surface area (Å²) in [5.74, 6) is 0. The van der Waals surface area contributed by atoms with Crippen LogP contribution in [0.25, 0.3) is 0 Å². The van der Waals surface area contributed by atoms with E-state index in [0.717, 1.165) is 47.7 Å². The Bertz CT molecular complexity index is 364. The SMILES string of the molecule is Clc1ccc(Cl)c(CNCCCNC2CC2)c1. The minimum Gasteiger partial charge on any atom is -0.314 e. The summed E-state index contributed by atoms with van der Waals surface area (Å²) in [6.07, 6.45) is 3.85. The van der Waals surface area contributed by atoms with Crippen LogP contribution in [0.3, 0.4) is 0 Å². The summed E-state index contributed by atoms with van der Waals surface area (Å²) in [4.78, 5) is 0. The lowest BCUT2D eigenvalue weighted by molar-refractivity contribution is 0.593. The molecule has 1 fully saturated rings. The highest BCUT2D eigenvalue weighted by molar-refractivity contribution is 6.33. The fraction of sp³-hybridized carbons (Fsp3) is 0.538. The van der Waals surface area contributed by atoms with Gasteiger partial charge in [-0.1, -0.05) is 23.2 Å². The Morgan fingerprint density at radius 2 is 2.00 bits per heavy atom. The summed E-state index contributed by atoms with van der Waals surface area (Å²) in [6.45, 7) is 2.88. The minimum absolute atomic E-state index is 0.738. The first kappa shape index (κ1) is 13.2. The molecule has 1 aromatic carbocycles. The highest BCUT2D eigenvalue weighted by Crippen LogP contribution is 2.20. The summed E-state index contributed by atoms with van der Waals surface area (Å²) >= 11 is 12.0. The first-order valence-electron chi connectivity index (χ1n) is 6.14. The molecule has 17 heavy (non-hydrogen) atoms. The van der Waals surface area contributed by atoms with Gasteiger partial charge < -0.3 is 10.6 Å². The molecule has 0 unspecified atom stereocenters. The van der Waals surface area contributed by atoms with E-state index in [-0.39, 0.29) is 0 Å². The fourth-order valence-corrected chi connectivity index (χ4v) is 2.09. The molecule has 0 aromatic heterocycles. The summed E-state index contributed by atoms with van der Waals surface area (Å²) in [7, 11) is 0. The summed E-state index contributed by atoms with van der Waals surface area (Å²) < 4.78 is 0. The first-order valence-corrected chi connectivity index (χ1v) is 6.89. The van der Waals surface area contributed by atoms with Gasteiger partial charge >= 0.3 is 0 Å². The third-order valence-corrected chi connectivity index (χ3v) is 3.47. The Morgan fingerprint density at radius 1 is 1.18 bits per heavy atom. The van der Waals surface area contributed by atoms with Crippen molar-refractivity contribution in [2.24, 2.45) is 0 Å². The van der Waals surface area contributed by atoms with Crippen LogP contribution in [0, 0.1) is 0 Å². The van der Waals surface area contributed by atoms with Gasteiger partial charge in [0.05, 0.1) is 0 Å². The number of rotatable bonds is 7. The molecule has 1 aliphatic carbocycles. The van der Waals surface area contributed by atoms with Crippen molar-refractivity contribution in [1.29, 1.82) is 0 Å². The van der Waals surface area contributed by atoms with E-state index in [0.29, 0.717) is 0 Å². The predicted molar refractivity (Wildman–Crippen MR) is 73.8 cm³/mol. The Morgan fingerprint density at radius 3 is 2.76 bits per heavy atom. The number of benzene rings is 1. The van der Waals surface area contributed by atoms with Gasteiger partial charge in [-0.25, -0.2) is 0 Å². The van der Waals surface area contributed by atoms with Crippen LogP contribution >= 0.6 is 23.2 Å². The number of nitrogens with one attached hydrogen (secondary N) is 2. The van der Waals surface area contributed by atoms with Gasteiger partial charge in [-0.15, -0.1) is 0 Å². The van der Waals surface area contributed by atoms with E-state index in [1.165, 1.54) is 12.8 Å². The summed E-state index contributed by atoms with van der Waals surface area (Å²) in [5, 5.41) is 8.38. The lowest BCUT2D eigenvalue weighted by Crippen LogP contribution is -2.23. The van der Waals surface area contributed by atoms with Crippen LogP contribution in [0.4, 0.5) is 0 Å². The highest BCUT2D eigenvalue weighted by Gasteiger charge is 2.19. The third kappa shape index (κ3) is 4.84.